The van der Waals surface area contributed by atoms with Gasteiger partial charge in [-0.3, -0.25) is 9.78 Å². The molecule has 1 amide bonds. The highest BCUT2D eigenvalue weighted by Crippen LogP contribution is 2.20. The first-order valence-corrected chi connectivity index (χ1v) is 5.84. The van der Waals surface area contributed by atoms with Crippen LogP contribution in [0.1, 0.15) is 21.6 Å². The summed E-state index contributed by atoms with van der Waals surface area (Å²) in [5.41, 5.74) is 2.26. The van der Waals surface area contributed by atoms with Crippen LogP contribution in [-0.4, -0.2) is 17.9 Å². The number of nitrogens with zero attached hydrogens (tertiary/aromatic N) is 3. The van der Waals surface area contributed by atoms with Gasteiger partial charge in [0.15, 0.2) is 0 Å². The van der Waals surface area contributed by atoms with Crippen LogP contribution in [0.5, 0.6) is 0 Å². The molecule has 0 atom stereocenters. The highest BCUT2D eigenvalue weighted by atomic mass is 16.2. The Morgan fingerprint density at radius 1 is 1.26 bits per heavy atom. The second-order valence-electron chi connectivity index (χ2n) is 4.16. The first-order valence-electron chi connectivity index (χ1n) is 5.84. The lowest BCUT2D eigenvalue weighted by Gasteiger charge is -2.18. The highest BCUT2D eigenvalue weighted by molar-refractivity contribution is 6.05. The average molecular weight is 251 g/mol. The molecule has 0 unspecified atom stereocenters. The molecule has 0 aliphatic heterocycles. The molecule has 1 aromatic heterocycles. The lowest BCUT2D eigenvalue weighted by atomic mass is 10.1. The van der Waals surface area contributed by atoms with Crippen molar-refractivity contribution in [3.63, 3.8) is 0 Å². The van der Waals surface area contributed by atoms with E-state index in [1.807, 2.05) is 13.0 Å². The number of hydrogen-bond acceptors (Lipinski definition) is 3. The van der Waals surface area contributed by atoms with E-state index in [-0.39, 0.29) is 5.91 Å². The summed E-state index contributed by atoms with van der Waals surface area (Å²) in [4.78, 5) is 17.9. The van der Waals surface area contributed by atoms with Gasteiger partial charge in [0.25, 0.3) is 5.91 Å². The van der Waals surface area contributed by atoms with E-state index in [2.05, 4.69) is 11.1 Å². The third kappa shape index (κ3) is 2.45. The summed E-state index contributed by atoms with van der Waals surface area (Å²) in [6.07, 6.45) is 1.59. The molecule has 4 nitrogen and oxygen atoms in total. The number of aryl methyl sites for hydroxylation is 1. The van der Waals surface area contributed by atoms with E-state index < -0.39 is 0 Å². The minimum Gasteiger partial charge on any atom is -0.309 e. The van der Waals surface area contributed by atoms with Gasteiger partial charge < -0.3 is 4.90 Å². The molecule has 2 rings (SSSR count). The van der Waals surface area contributed by atoms with E-state index >= 15 is 0 Å². The average Bonchev–Trinajstić information content (AvgIpc) is 2.46. The Hall–Kier alpha value is -2.67. The van der Waals surface area contributed by atoms with Gasteiger partial charge in [0.2, 0.25) is 0 Å². The fraction of sp³-hybridized carbons (Fsp3) is 0.133. The van der Waals surface area contributed by atoms with Crippen LogP contribution in [0, 0.1) is 18.3 Å². The number of rotatable bonds is 2. The largest absolute Gasteiger partial charge is 0.309 e. The fourth-order valence-corrected chi connectivity index (χ4v) is 1.84. The van der Waals surface area contributed by atoms with Crippen molar-refractivity contribution in [2.45, 2.75) is 6.92 Å². The van der Waals surface area contributed by atoms with Gasteiger partial charge >= 0.3 is 0 Å². The third-order valence-corrected chi connectivity index (χ3v) is 2.90. The molecule has 4 heteroatoms. The van der Waals surface area contributed by atoms with Gasteiger partial charge in [-0.2, -0.15) is 5.26 Å². The van der Waals surface area contributed by atoms with Crippen molar-refractivity contribution in [3.05, 3.63) is 59.4 Å². The van der Waals surface area contributed by atoms with Crippen LogP contribution in [0.4, 0.5) is 5.69 Å². The predicted octanol–water partition coefficient (Wildman–Crippen LogP) is 2.54. The zero-order valence-corrected chi connectivity index (χ0v) is 10.8. The van der Waals surface area contributed by atoms with Gasteiger partial charge in [-0.15, -0.1) is 0 Å². The van der Waals surface area contributed by atoms with E-state index in [1.165, 1.54) is 4.90 Å². The maximum absolute atomic E-state index is 12.4. The molecule has 0 aliphatic carbocycles. The standard InChI is InChI=1S/C15H13N3O/c1-11-6-5-9-17-14(11)15(19)18(2)13-8-4-3-7-12(13)10-16/h3-9H,1-2H3. The monoisotopic (exact) mass is 251 g/mol. The predicted molar refractivity (Wildman–Crippen MR) is 72.9 cm³/mol. The molecule has 0 aliphatic rings. The Bertz CT molecular complexity index is 658. The molecule has 1 heterocycles. The molecule has 0 saturated carbocycles. The number of amides is 1. The second kappa shape index (κ2) is 5.32. The smallest absolute Gasteiger partial charge is 0.276 e. The van der Waals surface area contributed by atoms with E-state index in [1.54, 1.807) is 43.6 Å². The highest BCUT2D eigenvalue weighted by Gasteiger charge is 2.18. The van der Waals surface area contributed by atoms with Gasteiger partial charge in [0.05, 0.1) is 11.3 Å². The van der Waals surface area contributed by atoms with Crippen molar-refractivity contribution in [3.8, 4) is 6.07 Å². The zero-order chi connectivity index (χ0) is 13.8. The summed E-state index contributed by atoms with van der Waals surface area (Å²) in [7, 11) is 1.65. The van der Waals surface area contributed by atoms with Crippen LogP contribution in [0.2, 0.25) is 0 Å². The summed E-state index contributed by atoms with van der Waals surface area (Å²) >= 11 is 0. The van der Waals surface area contributed by atoms with Crippen LogP contribution < -0.4 is 4.90 Å². The Balaban J connectivity index is 2.40. The van der Waals surface area contributed by atoms with Crippen molar-refractivity contribution in [1.29, 1.82) is 5.26 Å². The van der Waals surface area contributed by atoms with Crippen LogP contribution in [0.25, 0.3) is 0 Å². The second-order valence-corrected chi connectivity index (χ2v) is 4.16. The molecule has 1 aromatic carbocycles. The van der Waals surface area contributed by atoms with Crippen molar-refractivity contribution in [2.24, 2.45) is 0 Å². The summed E-state index contributed by atoms with van der Waals surface area (Å²) in [5.74, 6) is -0.221. The van der Waals surface area contributed by atoms with Gasteiger partial charge in [0.1, 0.15) is 11.8 Å². The molecule has 2 aromatic rings. The Morgan fingerprint density at radius 2 is 2.00 bits per heavy atom. The van der Waals surface area contributed by atoms with Crippen molar-refractivity contribution in [1.82, 2.24) is 4.98 Å². The number of carbonyl (C=O) groups is 1. The molecule has 94 valence electrons. The van der Waals surface area contributed by atoms with Crippen molar-refractivity contribution < 1.29 is 4.79 Å². The van der Waals surface area contributed by atoms with E-state index in [0.29, 0.717) is 16.9 Å². The number of aromatic nitrogens is 1. The fourth-order valence-electron chi connectivity index (χ4n) is 1.84. The Kier molecular flexibility index (Phi) is 3.58. The molecule has 0 spiro atoms. The minimum absolute atomic E-state index is 0.221. The zero-order valence-electron chi connectivity index (χ0n) is 10.8. The van der Waals surface area contributed by atoms with Crippen LogP contribution >= 0.6 is 0 Å². The molecular weight excluding hydrogens is 238 g/mol. The summed E-state index contributed by atoms with van der Waals surface area (Å²) in [5, 5.41) is 9.07. The molecule has 0 fully saturated rings. The first-order chi connectivity index (χ1) is 9.15. The number of carbonyl (C=O) groups excluding carboxylic acids is 1. The summed E-state index contributed by atoms with van der Waals surface area (Å²) in [6, 6.07) is 12.7. The van der Waals surface area contributed by atoms with Crippen LogP contribution in [-0.2, 0) is 0 Å². The quantitative estimate of drug-likeness (QED) is 0.824. The van der Waals surface area contributed by atoms with Gasteiger partial charge in [-0.1, -0.05) is 18.2 Å². The normalized spacial score (nSPS) is 9.74. The first kappa shape index (κ1) is 12.8. The van der Waals surface area contributed by atoms with Crippen LogP contribution in [0.3, 0.4) is 0 Å². The van der Waals surface area contributed by atoms with E-state index in [4.69, 9.17) is 5.26 Å². The third-order valence-electron chi connectivity index (χ3n) is 2.90. The number of anilines is 1. The SMILES string of the molecule is Cc1cccnc1C(=O)N(C)c1ccccc1C#N. The lowest BCUT2D eigenvalue weighted by Crippen LogP contribution is -2.28. The summed E-state index contributed by atoms with van der Waals surface area (Å²) < 4.78 is 0. The van der Waals surface area contributed by atoms with Crippen molar-refractivity contribution >= 4 is 11.6 Å². The lowest BCUT2D eigenvalue weighted by molar-refractivity contribution is 0.0987. The molecule has 0 N–H and O–H groups in total. The summed E-state index contributed by atoms with van der Waals surface area (Å²) in [6.45, 7) is 1.84. The van der Waals surface area contributed by atoms with Gasteiger partial charge in [-0.05, 0) is 30.7 Å². The Labute approximate surface area is 111 Å². The number of para-hydroxylation sites is 1. The van der Waals surface area contributed by atoms with Gasteiger partial charge in [-0.25, -0.2) is 0 Å². The molecule has 0 bridgehead atoms. The maximum Gasteiger partial charge on any atom is 0.276 e. The van der Waals surface area contributed by atoms with Crippen molar-refractivity contribution in [2.75, 3.05) is 11.9 Å². The number of hydrogen-bond donors (Lipinski definition) is 0. The Morgan fingerprint density at radius 3 is 2.68 bits per heavy atom. The maximum atomic E-state index is 12.4. The van der Waals surface area contributed by atoms with Crippen LogP contribution in [0.15, 0.2) is 42.6 Å². The molecule has 0 radical (unpaired) electrons. The number of nitriles is 1. The topological polar surface area (TPSA) is 57.0 Å². The number of pyridine rings is 1. The molecular formula is C15H13N3O. The van der Waals surface area contributed by atoms with E-state index in [0.717, 1.165) is 5.56 Å². The van der Waals surface area contributed by atoms with E-state index in [9.17, 15) is 4.79 Å². The molecule has 19 heavy (non-hydrogen) atoms. The molecule has 0 saturated heterocycles. The van der Waals surface area contributed by atoms with Gasteiger partial charge in [0, 0.05) is 13.2 Å². The number of benzene rings is 1. The minimum atomic E-state index is -0.221.